The molecule has 2 N–H and O–H groups in total. The van der Waals surface area contributed by atoms with Gasteiger partial charge in [0.15, 0.2) is 5.96 Å². The van der Waals surface area contributed by atoms with E-state index >= 15 is 0 Å². The summed E-state index contributed by atoms with van der Waals surface area (Å²) in [5, 5.41) is 6.71. The Morgan fingerprint density at radius 3 is 2.30 bits per heavy atom. The van der Waals surface area contributed by atoms with Crippen LogP contribution in [0.25, 0.3) is 0 Å². The molecule has 0 heterocycles. The van der Waals surface area contributed by atoms with Crippen molar-refractivity contribution in [1.29, 1.82) is 0 Å². The van der Waals surface area contributed by atoms with E-state index < -0.39 is 0 Å². The van der Waals surface area contributed by atoms with Gasteiger partial charge in [0.1, 0.15) is 5.75 Å². The Morgan fingerprint density at radius 2 is 1.67 bits per heavy atom. The van der Waals surface area contributed by atoms with Crippen molar-refractivity contribution in [1.82, 2.24) is 10.6 Å². The number of halogens is 1. The van der Waals surface area contributed by atoms with Gasteiger partial charge in [-0.2, -0.15) is 0 Å². The van der Waals surface area contributed by atoms with Crippen molar-refractivity contribution < 1.29 is 9.47 Å². The first kappa shape index (κ1) is 23.2. The van der Waals surface area contributed by atoms with Gasteiger partial charge in [-0.3, -0.25) is 4.99 Å². The second kappa shape index (κ2) is 12.6. The number of hydrogen-bond donors (Lipinski definition) is 2. The Kier molecular flexibility index (Phi) is 10.8. The zero-order valence-corrected chi connectivity index (χ0v) is 18.9. The van der Waals surface area contributed by atoms with Gasteiger partial charge in [0.25, 0.3) is 0 Å². The van der Waals surface area contributed by atoms with Gasteiger partial charge < -0.3 is 20.1 Å². The lowest BCUT2D eigenvalue weighted by Crippen LogP contribution is -2.36. The molecule has 2 aromatic rings. The van der Waals surface area contributed by atoms with Crippen LogP contribution < -0.4 is 15.4 Å². The minimum atomic E-state index is 0. The molecule has 0 saturated heterocycles. The van der Waals surface area contributed by atoms with E-state index in [0.717, 1.165) is 17.3 Å². The Hall–Kier alpha value is -1.80. The molecule has 2 aromatic carbocycles. The molecule has 0 radical (unpaired) electrons. The minimum Gasteiger partial charge on any atom is -0.494 e. The number of aryl methyl sites for hydroxylation is 1. The molecule has 0 aromatic heterocycles. The third-order valence-corrected chi connectivity index (χ3v) is 4.06. The number of benzene rings is 2. The molecule has 27 heavy (non-hydrogen) atoms. The van der Waals surface area contributed by atoms with Crippen LogP contribution in [0, 0.1) is 6.92 Å². The SMILES string of the molecule is CCOc1cc(C)ccc1CNC(=NC)NCc1ccccc1COC.I. The van der Waals surface area contributed by atoms with Crippen LogP contribution in [0.3, 0.4) is 0 Å². The molecule has 0 bridgehead atoms. The van der Waals surface area contributed by atoms with E-state index in [2.05, 4.69) is 52.9 Å². The van der Waals surface area contributed by atoms with Crippen LogP contribution in [0.15, 0.2) is 47.5 Å². The van der Waals surface area contributed by atoms with Crippen LogP contribution in [0.2, 0.25) is 0 Å². The quantitative estimate of drug-likeness (QED) is 0.339. The third kappa shape index (κ3) is 7.38. The maximum absolute atomic E-state index is 5.74. The summed E-state index contributed by atoms with van der Waals surface area (Å²) in [6.45, 7) is 6.65. The summed E-state index contributed by atoms with van der Waals surface area (Å²) in [7, 11) is 3.48. The zero-order chi connectivity index (χ0) is 18.8. The molecule has 0 spiro atoms. The van der Waals surface area contributed by atoms with E-state index in [1.165, 1.54) is 16.7 Å². The van der Waals surface area contributed by atoms with Crippen LogP contribution in [-0.2, 0) is 24.4 Å². The molecule has 0 aliphatic carbocycles. The molecule has 0 unspecified atom stereocenters. The van der Waals surface area contributed by atoms with Crippen molar-refractivity contribution in [2.45, 2.75) is 33.5 Å². The van der Waals surface area contributed by atoms with E-state index in [9.17, 15) is 0 Å². The van der Waals surface area contributed by atoms with Gasteiger partial charge in [-0.05, 0) is 36.6 Å². The average Bonchev–Trinajstić information content (AvgIpc) is 2.65. The van der Waals surface area contributed by atoms with Crippen molar-refractivity contribution in [3.05, 3.63) is 64.7 Å². The largest absolute Gasteiger partial charge is 0.494 e. The number of rotatable bonds is 8. The number of hydrogen-bond acceptors (Lipinski definition) is 3. The number of methoxy groups -OCH3 is 1. The second-order valence-corrected chi connectivity index (χ2v) is 6.03. The van der Waals surface area contributed by atoms with Gasteiger partial charge in [-0.1, -0.05) is 36.4 Å². The predicted octanol–water partition coefficient (Wildman–Crippen LogP) is 4.02. The first-order valence-corrected chi connectivity index (χ1v) is 8.90. The van der Waals surface area contributed by atoms with Crippen LogP contribution in [0.1, 0.15) is 29.2 Å². The maximum atomic E-state index is 5.74. The van der Waals surface area contributed by atoms with Gasteiger partial charge in [0.2, 0.25) is 0 Å². The van der Waals surface area contributed by atoms with Crippen molar-refractivity contribution in [2.24, 2.45) is 4.99 Å². The molecular weight excluding hydrogens is 453 g/mol. The molecule has 5 nitrogen and oxygen atoms in total. The molecule has 6 heteroatoms. The molecule has 0 aliphatic rings. The fraction of sp³-hybridized carbons (Fsp3) is 0.381. The number of ether oxygens (including phenoxy) is 2. The van der Waals surface area contributed by atoms with E-state index in [-0.39, 0.29) is 24.0 Å². The molecule has 0 atom stereocenters. The molecule has 0 saturated carbocycles. The van der Waals surface area contributed by atoms with Gasteiger partial charge in [0.05, 0.1) is 13.2 Å². The smallest absolute Gasteiger partial charge is 0.191 e. The minimum absolute atomic E-state index is 0. The number of aliphatic imine (C=N–C) groups is 1. The zero-order valence-electron chi connectivity index (χ0n) is 16.5. The van der Waals surface area contributed by atoms with Gasteiger partial charge in [-0.25, -0.2) is 0 Å². The summed E-state index contributed by atoms with van der Waals surface area (Å²) < 4.78 is 11.0. The Morgan fingerprint density at radius 1 is 1.00 bits per heavy atom. The normalized spacial score (nSPS) is 10.9. The molecule has 0 amide bonds. The van der Waals surface area contributed by atoms with E-state index in [1.54, 1.807) is 14.2 Å². The lowest BCUT2D eigenvalue weighted by atomic mass is 10.1. The summed E-state index contributed by atoms with van der Waals surface area (Å²) in [4.78, 5) is 4.31. The number of guanidine groups is 1. The van der Waals surface area contributed by atoms with Crippen molar-refractivity contribution in [3.8, 4) is 5.75 Å². The van der Waals surface area contributed by atoms with Crippen molar-refractivity contribution in [3.63, 3.8) is 0 Å². The van der Waals surface area contributed by atoms with E-state index in [4.69, 9.17) is 9.47 Å². The van der Waals surface area contributed by atoms with Gasteiger partial charge in [-0.15, -0.1) is 24.0 Å². The summed E-state index contributed by atoms with van der Waals surface area (Å²) in [5.41, 5.74) is 4.67. The summed E-state index contributed by atoms with van der Waals surface area (Å²) >= 11 is 0. The highest BCUT2D eigenvalue weighted by molar-refractivity contribution is 14.0. The second-order valence-electron chi connectivity index (χ2n) is 6.03. The maximum Gasteiger partial charge on any atom is 0.191 e. The lowest BCUT2D eigenvalue weighted by Gasteiger charge is -2.16. The third-order valence-electron chi connectivity index (χ3n) is 4.06. The number of nitrogens with one attached hydrogen (secondary N) is 2. The lowest BCUT2D eigenvalue weighted by molar-refractivity contribution is 0.184. The van der Waals surface area contributed by atoms with E-state index in [1.807, 2.05) is 19.1 Å². The van der Waals surface area contributed by atoms with Gasteiger partial charge >= 0.3 is 0 Å². The highest BCUT2D eigenvalue weighted by atomic mass is 127. The van der Waals surface area contributed by atoms with Crippen LogP contribution in [0.4, 0.5) is 0 Å². The fourth-order valence-electron chi connectivity index (χ4n) is 2.70. The topological polar surface area (TPSA) is 54.9 Å². The van der Waals surface area contributed by atoms with Crippen molar-refractivity contribution >= 4 is 29.9 Å². The summed E-state index contributed by atoms with van der Waals surface area (Å²) in [6, 6.07) is 14.5. The first-order chi connectivity index (χ1) is 12.7. The molecule has 2 rings (SSSR count). The molecular formula is C21H30IN3O2. The Labute approximate surface area is 179 Å². The van der Waals surface area contributed by atoms with E-state index in [0.29, 0.717) is 26.3 Å². The monoisotopic (exact) mass is 483 g/mol. The van der Waals surface area contributed by atoms with Crippen LogP contribution in [0.5, 0.6) is 5.75 Å². The standard InChI is InChI=1S/C21H29N3O2.HI/c1-5-26-20-12-16(2)10-11-18(20)14-24-21(22-3)23-13-17-8-6-7-9-19(17)15-25-4;/h6-12H,5,13-15H2,1-4H3,(H2,22,23,24);1H. The van der Waals surface area contributed by atoms with Crippen LogP contribution >= 0.6 is 24.0 Å². The Bertz CT molecular complexity index is 735. The summed E-state index contributed by atoms with van der Waals surface area (Å²) in [6.07, 6.45) is 0. The predicted molar refractivity (Wildman–Crippen MR) is 122 cm³/mol. The van der Waals surface area contributed by atoms with Crippen LogP contribution in [-0.4, -0.2) is 26.7 Å². The van der Waals surface area contributed by atoms with Crippen molar-refractivity contribution in [2.75, 3.05) is 20.8 Å². The fourth-order valence-corrected chi connectivity index (χ4v) is 2.70. The number of nitrogens with zero attached hydrogens (tertiary/aromatic N) is 1. The first-order valence-electron chi connectivity index (χ1n) is 8.90. The average molecular weight is 483 g/mol. The highest BCUT2D eigenvalue weighted by Gasteiger charge is 2.07. The highest BCUT2D eigenvalue weighted by Crippen LogP contribution is 2.20. The van der Waals surface area contributed by atoms with Gasteiger partial charge in [0, 0.05) is 32.8 Å². The Balaban J connectivity index is 0.00000364. The molecule has 0 aliphatic heterocycles. The summed E-state index contributed by atoms with van der Waals surface area (Å²) in [5.74, 6) is 1.67. The molecule has 0 fully saturated rings. The molecule has 148 valence electrons.